The van der Waals surface area contributed by atoms with Crippen LogP contribution >= 0.6 is 0 Å². The fraction of sp³-hybridized carbons (Fsp3) is 0.417. The van der Waals surface area contributed by atoms with Gasteiger partial charge in [-0.1, -0.05) is 0 Å². The van der Waals surface area contributed by atoms with Crippen molar-refractivity contribution >= 4 is 26.6 Å². The summed E-state index contributed by atoms with van der Waals surface area (Å²) in [4.78, 5) is 24.9. The van der Waals surface area contributed by atoms with E-state index in [-0.39, 0.29) is 35.3 Å². The minimum atomic E-state index is -3.02. The summed E-state index contributed by atoms with van der Waals surface area (Å²) in [5.41, 5.74) is 0.453. The van der Waals surface area contributed by atoms with Crippen LogP contribution in [0.15, 0.2) is 23.0 Å². The number of hydrogen-bond acceptors (Lipinski definition) is 5. The summed E-state index contributed by atoms with van der Waals surface area (Å²) >= 11 is 0. The van der Waals surface area contributed by atoms with Gasteiger partial charge in [0.25, 0.3) is 5.69 Å². The first-order valence-electron chi connectivity index (χ1n) is 6.43. The molecule has 1 aromatic carbocycles. The Morgan fingerprint density at radius 3 is 2.81 bits per heavy atom. The summed E-state index contributed by atoms with van der Waals surface area (Å²) in [5.74, 6) is 0.0571. The SMILES string of the molecule is O=c1[nH]c2ccc([N+](=O)[O-])cc2n1CC1CCS(=O)(=O)C1. The van der Waals surface area contributed by atoms with Crippen LogP contribution in [-0.4, -0.2) is 34.4 Å². The summed E-state index contributed by atoms with van der Waals surface area (Å²) in [6.07, 6.45) is 0.510. The molecule has 0 bridgehead atoms. The number of non-ortho nitro benzene ring substituents is 1. The molecule has 2 aromatic rings. The average Bonchev–Trinajstić information content (AvgIpc) is 2.90. The van der Waals surface area contributed by atoms with Gasteiger partial charge in [0.05, 0.1) is 27.5 Å². The van der Waals surface area contributed by atoms with Gasteiger partial charge in [-0.15, -0.1) is 0 Å². The maximum atomic E-state index is 12.0. The summed E-state index contributed by atoms with van der Waals surface area (Å²) in [6.45, 7) is 0.249. The second-order valence-electron chi connectivity index (χ2n) is 5.27. The largest absolute Gasteiger partial charge is 0.326 e. The zero-order chi connectivity index (χ0) is 15.2. The zero-order valence-corrected chi connectivity index (χ0v) is 11.8. The number of H-pyrrole nitrogens is 1. The third-order valence-corrected chi connectivity index (χ3v) is 5.57. The topological polar surface area (TPSA) is 115 Å². The number of imidazole rings is 1. The van der Waals surface area contributed by atoms with Crippen LogP contribution in [0.1, 0.15) is 6.42 Å². The van der Waals surface area contributed by atoms with E-state index in [9.17, 15) is 23.3 Å². The van der Waals surface area contributed by atoms with Gasteiger partial charge in [0.15, 0.2) is 9.84 Å². The first-order valence-corrected chi connectivity index (χ1v) is 8.25. The first-order chi connectivity index (χ1) is 9.85. The highest BCUT2D eigenvalue weighted by atomic mass is 32.2. The van der Waals surface area contributed by atoms with Crippen molar-refractivity contribution in [2.24, 2.45) is 5.92 Å². The van der Waals surface area contributed by atoms with E-state index in [1.807, 2.05) is 0 Å². The van der Waals surface area contributed by atoms with Crippen LogP contribution in [-0.2, 0) is 16.4 Å². The molecule has 9 heteroatoms. The molecule has 0 aliphatic carbocycles. The lowest BCUT2D eigenvalue weighted by molar-refractivity contribution is -0.384. The van der Waals surface area contributed by atoms with E-state index >= 15 is 0 Å². The molecular weight excluding hydrogens is 298 g/mol. The Morgan fingerprint density at radius 1 is 1.43 bits per heavy atom. The summed E-state index contributed by atoms with van der Waals surface area (Å²) in [7, 11) is -3.02. The van der Waals surface area contributed by atoms with Crippen LogP contribution in [0.3, 0.4) is 0 Å². The number of benzene rings is 1. The molecule has 2 heterocycles. The number of nitro groups is 1. The van der Waals surface area contributed by atoms with Crippen LogP contribution in [0.25, 0.3) is 11.0 Å². The zero-order valence-electron chi connectivity index (χ0n) is 11.0. The molecule has 0 spiro atoms. The van der Waals surface area contributed by atoms with Crippen LogP contribution in [0.4, 0.5) is 5.69 Å². The summed E-state index contributed by atoms with van der Waals surface area (Å²) in [5, 5.41) is 10.8. The molecule has 1 atom stereocenters. The Bertz CT molecular complexity index is 880. The van der Waals surface area contributed by atoms with Gasteiger partial charge in [0.2, 0.25) is 0 Å². The van der Waals surface area contributed by atoms with Gasteiger partial charge in [-0.3, -0.25) is 14.7 Å². The number of sulfone groups is 1. The lowest BCUT2D eigenvalue weighted by Crippen LogP contribution is -2.22. The maximum absolute atomic E-state index is 12.0. The number of nitrogens with zero attached hydrogens (tertiary/aromatic N) is 2. The molecule has 1 saturated heterocycles. The van der Waals surface area contributed by atoms with E-state index < -0.39 is 14.8 Å². The number of nitrogens with one attached hydrogen (secondary N) is 1. The fourth-order valence-corrected chi connectivity index (χ4v) is 4.56. The van der Waals surface area contributed by atoms with Crippen molar-refractivity contribution in [1.29, 1.82) is 0 Å². The molecule has 1 N–H and O–H groups in total. The molecule has 21 heavy (non-hydrogen) atoms. The predicted octanol–water partition coefficient (Wildman–Crippen LogP) is 0.672. The van der Waals surface area contributed by atoms with Gasteiger partial charge >= 0.3 is 5.69 Å². The molecule has 1 aromatic heterocycles. The number of rotatable bonds is 3. The molecule has 1 unspecified atom stereocenters. The van der Waals surface area contributed by atoms with Gasteiger partial charge < -0.3 is 4.98 Å². The lowest BCUT2D eigenvalue weighted by atomic mass is 10.1. The fourth-order valence-electron chi connectivity index (χ4n) is 2.71. The van der Waals surface area contributed by atoms with Gasteiger partial charge in [-0.2, -0.15) is 0 Å². The molecule has 3 rings (SSSR count). The van der Waals surface area contributed by atoms with E-state index in [4.69, 9.17) is 0 Å². The molecule has 1 aliphatic heterocycles. The van der Waals surface area contributed by atoms with Crippen LogP contribution < -0.4 is 5.69 Å². The van der Waals surface area contributed by atoms with Crippen molar-refractivity contribution in [3.05, 3.63) is 38.8 Å². The standard InChI is InChI=1S/C12H13N3O5S/c16-12-13-10-2-1-9(15(17)18)5-11(10)14(12)6-8-3-4-21(19,20)7-8/h1-2,5,8H,3-4,6-7H2,(H,13,16). The van der Waals surface area contributed by atoms with Gasteiger partial charge in [-0.05, 0) is 18.4 Å². The van der Waals surface area contributed by atoms with Crippen molar-refractivity contribution in [2.75, 3.05) is 11.5 Å². The molecule has 1 fully saturated rings. The normalized spacial score (nSPS) is 20.9. The summed E-state index contributed by atoms with van der Waals surface area (Å²) < 4.78 is 24.3. The predicted molar refractivity (Wildman–Crippen MR) is 76.0 cm³/mol. The van der Waals surface area contributed by atoms with Crippen molar-refractivity contribution in [2.45, 2.75) is 13.0 Å². The number of aromatic amines is 1. The molecule has 0 amide bonds. The third kappa shape index (κ3) is 2.56. The molecule has 8 nitrogen and oxygen atoms in total. The van der Waals surface area contributed by atoms with Gasteiger partial charge in [0, 0.05) is 18.7 Å². The Balaban J connectivity index is 2.01. The number of hydrogen-bond donors (Lipinski definition) is 1. The van der Waals surface area contributed by atoms with E-state index in [0.717, 1.165) is 0 Å². The van der Waals surface area contributed by atoms with Gasteiger partial charge in [-0.25, -0.2) is 13.2 Å². The Hall–Kier alpha value is -2.16. The highest BCUT2D eigenvalue weighted by molar-refractivity contribution is 7.91. The quantitative estimate of drug-likeness (QED) is 0.661. The third-order valence-electron chi connectivity index (χ3n) is 3.74. The number of fused-ring (bicyclic) bond motifs is 1. The maximum Gasteiger partial charge on any atom is 0.326 e. The Morgan fingerprint density at radius 2 is 2.19 bits per heavy atom. The van der Waals surface area contributed by atoms with Crippen molar-refractivity contribution in [3.8, 4) is 0 Å². The van der Waals surface area contributed by atoms with E-state index in [1.54, 1.807) is 0 Å². The van der Waals surface area contributed by atoms with E-state index in [1.165, 1.54) is 22.8 Å². The van der Waals surface area contributed by atoms with Crippen molar-refractivity contribution < 1.29 is 13.3 Å². The van der Waals surface area contributed by atoms with Crippen molar-refractivity contribution in [1.82, 2.24) is 9.55 Å². The number of aromatic nitrogens is 2. The van der Waals surface area contributed by atoms with Gasteiger partial charge in [0.1, 0.15) is 0 Å². The Labute approximate surface area is 119 Å². The average molecular weight is 311 g/mol. The first kappa shape index (κ1) is 13.8. The highest BCUT2D eigenvalue weighted by Crippen LogP contribution is 2.23. The minimum Gasteiger partial charge on any atom is -0.306 e. The minimum absolute atomic E-state index is 0.0566. The Kier molecular flexibility index (Phi) is 3.08. The smallest absolute Gasteiger partial charge is 0.306 e. The van der Waals surface area contributed by atoms with Crippen molar-refractivity contribution in [3.63, 3.8) is 0 Å². The monoisotopic (exact) mass is 311 g/mol. The second-order valence-corrected chi connectivity index (χ2v) is 7.50. The molecular formula is C12H13N3O5S. The lowest BCUT2D eigenvalue weighted by Gasteiger charge is -2.08. The highest BCUT2D eigenvalue weighted by Gasteiger charge is 2.29. The number of nitro benzene ring substituents is 1. The van der Waals surface area contributed by atoms with Crippen LogP contribution in [0.2, 0.25) is 0 Å². The summed E-state index contributed by atoms with van der Waals surface area (Å²) in [6, 6.07) is 4.14. The van der Waals surface area contributed by atoms with Crippen LogP contribution in [0, 0.1) is 16.0 Å². The molecule has 0 radical (unpaired) electrons. The van der Waals surface area contributed by atoms with E-state index in [0.29, 0.717) is 17.5 Å². The molecule has 1 aliphatic rings. The van der Waals surface area contributed by atoms with E-state index in [2.05, 4.69) is 4.98 Å². The molecule has 0 saturated carbocycles. The van der Waals surface area contributed by atoms with Crippen LogP contribution in [0.5, 0.6) is 0 Å². The second kappa shape index (κ2) is 4.69. The molecule has 112 valence electrons.